The summed E-state index contributed by atoms with van der Waals surface area (Å²) < 4.78 is 22.9. The molecule has 2 aromatic rings. The predicted octanol–water partition coefficient (Wildman–Crippen LogP) is 3.18. The molecule has 5 heteroatoms. The average molecular weight is 390 g/mol. The SMILES string of the molecule is O=C1C=CC=CC12Cc1c(OCC3CO3)ccc3ccc(OC[C@@H]4CO4)c(c13)C2. The van der Waals surface area contributed by atoms with Gasteiger partial charge in [-0.1, -0.05) is 30.4 Å². The van der Waals surface area contributed by atoms with Gasteiger partial charge in [-0.25, -0.2) is 0 Å². The lowest BCUT2D eigenvalue weighted by molar-refractivity contribution is -0.121. The van der Waals surface area contributed by atoms with Crippen LogP contribution in [0.1, 0.15) is 11.1 Å². The third kappa shape index (κ3) is 3.05. The Balaban J connectivity index is 1.48. The van der Waals surface area contributed by atoms with Gasteiger partial charge in [0.1, 0.15) is 36.9 Å². The number of allylic oxidation sites excluding steroid dienone is 4. The summed E-state index contributed by atoms with van der Waals surface area (Å²) in [6, 6.07) is 8.23. The maximum absolute atomic E-state index is 13.0. The van der Waals surface area contributed by atoms with Crippen molar-refractivity contribution in [3.63, 3.8) is 0 Å². The fraction of sp³-hybridized carbons (Fsp3) is 0.375. The van der Waals surface area contributed by atoms with Crippen LogP contribution in [0, 0.1) is 5.41 Å². The first-order valence-corrected chi connectivity index (χ1v) is 10.2. The maximum Gasteiger partial charge on any atom is 0.166 e. The van der Waals surface area contributed by atoms with Crippen molar-refractivity contribution < 1.29 is 23.7 Å². The first kappa shape index (κ1) is 17.2. The Morgan fingerprint density at radius 3 is 2.00 bits per heavy atom. The zero-order valence-corrected chi connectivity index (χ0v) is 16.1. The Morgan fingerprint density at radius 1 is 0.897 bits per heavy atom. The molecule has 0 amide bonds. The van der Waals surface area contributed by atoms with E-state index in [9.17, 15) is 4.79 Å². The van der Waals surface area contributed by atoms with E-state index in [4.69, 9.17) is 18.9 Å². The Hall–Kier alpha value is -2.63. The number of ether oxygens (including phenoxy) is 4. The van der Waals surface area contributed by atoms with E-state index >= 15 is 0 Å². The molecule has 2 heterocycles. The minimum atomic E-state index is -0.584. The highest BCUT2D eigenvalue weighted by atomic mass is 16.6. The molecule has 3 atom stereocenters. The van der Waals surface area contributed by atoms with E-state index in [1.807, 2.05) is 30.4 Å². The van der Waals surface area contributed by atoms with Gasteiger partial charge in [0.15, 0.2) is 5.78 Å². The molecule has 0 radical (unpaired) electrons. The number of hydrogen-bond donors (Lipinski definition) is 0. The average Bonchev–Trinajstić information content (AvgIpc) is 3.64. The van der Waals surface area contributed by atoms with Gasteiger partial charge in [-0.3, -0.25) is 4.79 Å². The second-order valence-corrected chi connectivity index (χ2v) is 8.31. The Bertz CT molecular complexity index is 998. The van der Waals surface area contributed by atoms with Gasteiger partial charge in [0, 0.05) is 11.1 Å². The highest BCUT2D eigenvalue weighted by Gasteiger charge is 2.42. The van der Waals surface area contributed by atoms with E-state index in [0.29, 0.717) is 26.1 Å². The van der Waals surface area contributed by atoms with Crippen LogP contribution < -0.4 is 9.47 Å². The second kappa shape index (κ2) is 6.44. The Labute approximate surface area is 168 Å². The summed E-state index contributed by atoms with van der Waals surface area (Å²) in [6.45, 7) is 2.59. The van der Waals surface area contributed by atoms with Crippen LogP contribution in [0.2, 0.25) is 0 Å². The molecule has 2 aliphatic carbocycles. The van der Waals surface area contributed by atoms with Crippen molar-refractivity contribution in [2.24, 2.45) is 5.41 Å². The fourth-order valence-electron chi connectivity index (χ4n) is 4.46. The zero-order valence-electron chi connectivity index (χ0n) is 16.1. The number of carbonyl (C=O) groups excluding carboxylic acids is 1. The molecule has 1 spiro atoms. The van der Waals surface area contributed by atoms with Gasteiger partial charge in [-0.15, -0.1) is 0 Å². The van der Waals surface area contributed by atoms with Gasteiger partial charge < -0.3 is 18.9 Å². The molecule has 29 heavy (non-hydrogen) atoms. The molecule has 0 aromatic heterocycles. The molecule has 2 saturated heterocycles. The highest BCUT2D eigenvalue weighted by Crippen LogP contribution is 2.48. The van der Waals surface area contributed by atoms with Crippen molar-refractivity contribution in [2.45, 2.75) is 25.0 Å². The molecule has 2 unspecified atom stereocenters. The first-order chi connectivity index (χ1) is 14.2. The lowest BCUT2D eigenvalue weighted by Gasteiger charge is -2.36. The monoisotopic (exact) mass is 390 g/mol. The minimum Gasteiger partial charge on any atom is -0.490 e. The Morgan fingerprint density at radius 2 is 1.48 bits per heavy atom. The van der Waals surface area contributed by atoms with Crippen LogP contribution in [0.5, 0.6) is 11.5 Å². The standard InChI is InChI=1S/C24H22O5/c25-22-3-1-2-8-24(22)9-18-20(28-13-16-11-26-16)6-4-15-5-7-21(19(10-24)23(15)18)29-14-17-12-27-17/h1-8,16-17H,9-14H2/t16-,17?,24?/m0/s1. The summed E-state index contributed by atoms with van der Waals surface area (Å²) >= 11 is 0. The van der Waals surface area contributed by atoms with Crippen LogP contribution >= 0.6 is 0 Å². The molecule has 0 saturated carbocycles. The summed E-state index contributed by atoms with van der Waals surface area (Å²) in [4.78, 5) is 13.0. The quantitative estimate of drug-likeness (QED) is 0.709. The molecule has 5 nitrogen and oxygen atoms in total. The lowest BCUT2D eigenvalue weighted by Crippen LogP contribution is -2.36. The number of epoxide rings is 2. The van der Waals surface area contributed by atoms with Crippen molar-refractivity contribution in [1.82, 2.24) is 0 Å². The zero-order chi connectivity index (χ0) is 19.4. The van der Waals surface area contributed by atoms with Crippen LogP contribution in [-0.4, -0.2) is 44.4 Å². The predicted molar refractivity (Wildman–Crippen MR) is 108 cm³/mol. The molecule has 148 valence electrons. The third-order valence-electron chi connectivity index (χ3n) is 6.22. The molecule has 2 aromatic carbocycles. The summed E-state index contributed by atoms with van der Waals surface area (Å²) in [5, 5.41) is 2.31. The topological polar surface area (TPSA) is 60.6 Å². The van der Waals surface area contributed by atoms with Gasteiger partial charge in [0.25, 0.3) is 0 Å². The van der Waals surface area contributed by atoms with Crippen LogP contribution in [0.25, 0.3) is 10.8 Å². The summed E-state index contributed by atoms with van der Waals surface area (Å²) in [6.07, 6.45) is 9.16. The van der Waals surface area contributed by atoms with Gasteiger partial charge in [-0.2, -0.15) is 0 Å². The van der Waals surface area contributed by atoms with Gasteiger partial charge in [-0.05, 0) is 41.8 Å². The molecule has 2 aliphatic heterocycles. The molecule has 0 bridgehead atoms. The minimum absolute atomic E-state index is 0.138. The largest absolute Gasteiger partial charge is 0.490 e. The molecule has 4 aliphatic rings. The van der Waals surface area contributed by atoms with E-state index in [1.54, 1.807) is 6.08 Å². The van der Waals surface area contributed by atoms with Crippen molar-refractivity contribution in [1.29, 1.82) is 0 Å². The fourth-order valence-corrected chi connectivity index (χ4v) is 4.46. The summed E-state index contributed by atoms with van der Waals surface area (Å²) in [5.41, 5.74) is 1.59. The summed E-state index contributed by atoms with van der Waals surface area (Å²) in [5.74, 6) is 1.82. The Kier molecular flexibility index (Phi) is 3.83. The second-order valence-electron chi connectivity index (χ2n) is 8.31. The molecular weight excluding hydrogens is 368 g/mol. The third-order valence-corrected chi connectivity index (χ3v) is 6.22. The maximum atomic E-state index is 13.0. The van der Waals surface area contributed by atoms with Crippen molar-refractivity contribution in [2.75, 3.05) is 26.4 Å². The summed E-state index contributed by atoms with van der Waals surface area (Å²) in [7, 11) is 0. The van der Waals surface area contributed by atoms with Crippen LogP contribution in [-0.2, 0) is 27.1 Å². The van der Waals surface area contributed by atoms with E-state index in [-0.39, 0.29) is 18.0 Å². The van der Waals surface area contributed by atoms with Crippen molar-refractivity contribution in [3.05, 3.63) is 59.7 Å². The van der Waals surface area contributed by atoms with E-state index in [0.717, 1.165) is 46.6 Å². The van der Waals surface area contributed by atoms with Crippen molar-refractivity contribution in [3.8, 4) is 11.5 Å². The number of ketones is 1. The van der Waals surface area contributed by atoms with Crippen LogP contribution in [0.15, 0.2) is 48.6 Å². The van der Waals surface area contributed by atoms with Gasteiger partial charge in [0.2, 0.25) is 0 Å². The molecule has 2 fully saturated rings. The van der Waals surface area contributed by atoms with Crippen molar-refractivity contribution >= 4 is 16.6 Å². The molecule has 0 N–H and O–H groups in total. The highest BCUT2D eigenvalue weighted by molar-refractivity contribution is 6.02. The number of carbonyl (C=O) groups is 1. The molecule has 6 rings (SSSR count). The van der Waals surface area contributed by atoms with E-state index in [1.165, 1.54) is 0 Å². The van der Waals surface area contributed by atoms with E-state index < -0.39 is 5.41 Å². The van der Waals surface area contributed by atoms with Crippen LogP contribution in [0.3, 0.4) is 0 Å². The number of hydrogen-bond acceptors (Lipinski definition) is 5. The van der Waals surface area contributed by atoms with E-state index in [2.05, 4.69) is 12.1 Å². The smallest absolute Gasteiger partial charge is 0.166 e. The number of rotatable bonds is 6. The van der Waals surface area contributed by atoms with Gasteiger partial charge >= 0.3 is 0 Å². The lowest BCUT2D eigenvalue weighted by atomic mass is 9.66. The number of benzene rings is 2. The van der Waals surface area contributed by atoms with Gasteiger partial charge in [0.05, 0.1) is 18.6 Å². The normalized spacial score (nSPS) is 28.8. The molecular formula is C24H22O5. The van der Waals surface area contributed by atoms with Crippen LogP contribution in [0.4, 0.5) is 0 Å². The first-order valence-electron chi connectivity index (χ1n) is 10.2.